The van der Waals surface area contributed by atoms with Crippen LogP contribution >= 0.6 is 0 Å². The van der Waals surface area contributed by atoms with E-state index in [1.807, 2.05) is 30.5 Å². The molecule has 2 heteroatoms. The Balaban J connectivity index is 1.47. The van der Waals surface area contributed by atoms with Crippen LogP contribution in [-0.4, -0.2) is 4.98 Å². The third-order valence-electron chi connectivity index (χ3n) is 5.91. The summed E-state index contributed by atoms with van der Waals surface area (Å²) in [5.74, 6) is 1.91. The maximum Gasteiger partial charge on any atom is 0.0991 e. The van der Waals surface area contributed by atoms with E-state index in [9.17, 15) is 0 Å². The predicted octanol–water partition coefficient (Wildman–Crippen LogP) is 6.55. The summed E-state index contributed by atoms with van der Waals surface area (Å²) in [5, 5.41) is 8.89. The zero-order valence-corrected chi connectivity index (χ0v) is 16.0. The van der Waals surface area contributed by atoms with Gasteiger partial charge in [0.15, 0.2) is 0 Å². The maximum atomic E-state index is 8.89. The van der Waals surface area contributed by atoms with Crippen LogP contribution < -0.4 is 0 Å². The smallest absolute Gasteiger partial charge is 0.0991 e. The van der Waals surface area contributed by atoms with Gasteiger partial charge in [0.2, 0.25) is 0 Å². The molecule has 0 aliphatic heterocycles. The standard InChI is InChI=1S/C24H30N2/c1-2-3-4-19-5-7-20(8-6-19)9-10-22-13-16-24(26-18-22)23-14-11-21(17-25)12-15-23/h11-16,18-20H,2-10H2,1H3. The minimum absolute atomic E-state index is 0.690. The summed E-state index contributed by atoms with van der Waals surface area (Å²) in [5.41, 5.74) is 4.08. The van der Waals surface area contributed by atoms with Crippen molar-refractivity contribution >= 4 is 0 Å². The molecule has 0 atom stereocenters. The van der Waals surface area contributed by atoms with Gasteiger partial charge in [-0.15, -0.1) is 0 Å². The van der Waals surface area contributed by atoms with Crippen LogP contribution in [0.3, 0.4) is 0 Å². The van der Waals surface area contributed by atoms with Gasteiger partial charge in [-0.25, -0.2) is 0 Å². The molecule has 0 spiro atoms. The van der Waals surface area contributed by atoms with Gasteiger partial charge in [-0.3, -0.25) is 4.98 Å². The van der Waals surface area contributed by atoms with Gasteiger partial charge in [0.25, 0.3) is 0 Å². The molecule has 26 heavy (non-hydrogen) atoms. The van der Waals surface area contributed by atoms with E-state index >= 15 is 0 Å². The molecule has 1 aromatic carbocycles. The highest BCUT2D eigenvalue weighted by Crippen LogP contribution is 2.34. The Morgan fingerprint density at radius 2 is 1.65 bits per heavy atom. The first-order chi connectivity index (χ1) is 12.8. The molecule has 1 aliphatic rings. The number of unbranched alkanes of at least 4 members (excludes halogenated alkanes) is 1. The van der Waals surface area contributed by atoms with Crippen molar-refractivity contribution < 1.29 is 0 Å². The van der Waals surface area contributed by atoms with Gasteiger partial charge in [-0.1, -0.05) is 70.1 Å². The molecule has 1 aromatic heterocycles. The van der Waals surface area contributed by atoms with Gasteiger partial charge in [0.1, 0.15) is 0 Å². The van der Waals surface area contributed by atoms with Crippen LogP contribution in [0.4, 0.5) is 0 Å². The van der Waals surface area contributed by atoms with Gasteiger partial charge in [-0.05, 0) is 48.4 Å². The molecule has 136 valence electrons. The molecule has 0 unspecified atom stereocenters. The van der Waals surface area contributed by atoms with Gasteiger partial charge < -0.3 is 0 Å². The van der Waals surface area contributed by atoms with E-state index in [0.29, 0.717) is 5.56 Å². The number of aromatic nitrogens is 1. The van der Waals surface area contributed by atoms with Gasteiger partial charge in [-0.2, -0.15) is 5.26 Å². The van der Waals surface area contributed by atoms with E-state index in [4.69, 9.17) is 5.26 Å². The van der Waals surface area contributed by atoms with Crippen LogP contribution in [0.2, 0.25) is 0 Å². The van der Waals surface area contributed by atoms with Crippen LogP contribution in [0, 0.1) is 23.2 Å². The Morgan fingerprint density at radius 1 is 0.962 bits per heavy atom. The maximum absolute atomic E-state index is 8.89. The molecule has 0 amide bonds. The lowest BCUT2D eigenvalue weighted by molar-refractivity contribution is 0.250. The van der Waals surface area contributed by atoms with Gasteiger partial charge in [0, 0.05) is 11.8 Å². The monoisotopic (exact) mass is 346 g/mol. The van der Waals surface area contributed by atoms with E-state index in [-0.39, 0.29) is 0 Å². The minimum Gasteiger partial charge on any atom is -0.256 e. The van der Waals surface area contributed by atoms with E-state index in [2.05, 4.69) is 30.1 Å². The van der Waals surface area contributed by atoms with Crippen LogP contribution in [0.25, 0.3) is 11.3 Å². The van der Waals surface area contributed by atoms with Crippen molar-refractivity contribution in [1.29, 1.82) is 5.26 Å². The van der Waals surface area contributed by atoms with E-state index in [0.717, 1.165) is 29.5 Å². The molecule has 1 heterocycles. The number of benzene rings is 1. The molecular formula is C24H30N2. The highest BCUT2D eigenvalue weighted by atomic mass is 14.7. The number of nitriles is 1. The molecular weight excluding hydrogens is 316 g/mol. The fraction of sp³-hybridized carbons (Fsp3) is 0.500. The highest BCUT2D eigenvalue weighted by Gasteiger charge is 2.20. The minimum atomic E-state index is 0.690. The summed E-state index contributed by atoms with van der Waals surface area (Å²) < 4.78 is 0. The normalized spacial score (nSPS) is 19.8. The second-order valence-electron chi connectivity index (χ2n) is 7.81. The first-order valence-corrected chi connectivity index (χ1v) is 10.2. The summed E-state index contributed by atoms with van der Waals surface area (Å²) in [6, 6.07) is 14.1. The molecule has 0 bridgehead atoms. The molecule has 0 N–H and O–H groups in total. The lowest BCUT2D eigenvalue weighted by Gasteiger charge is -2.28. The number of rotatable bonds is 7. The van der Waals surface area contributed by atoms with Crippen LogP contribution in [-0.2, 0) is 6.42 Å². The van der Waals surface area contributed by atoms with E-state index in [1.54, 1.807) is 0 Å². The average molecular weight is 347 g/mol. The van der Waals surface area contributed by atoms with Crippen molar-refractivity contribution in [1.82, 2.24) is 4.98 Å². The lowest BCUT2D eigenvalue weighted by atomic mass is 9.78. The van der Waals surface area contributed by atoms with Crippen molar-refractivity contribution in [2.45, 2.75) is 64.7 Å². The zero-order valence-electron chi connectivity index (χ0n) is 16.0. The second-order valence-corrected chi connectivity index (χ2v) is 7.81. The van der Waals surface area contributed by atoms with Crippen molar-refractivity contribution in [2.75, 3.05) is 0 Å². The number of pyridine rings is 1. The number of aryl methyl sites for hydroxylation is 1. The lowest BCUT2D eigenvalue weighted by Crippen LogP contribution is -2.15. The summed E-state index contributed by atoms with van der Waals surface area (Å²) >= 11 is 0. The third-order valence-corrected chi connectivity index (χ3v) is 5.91. The first-order valence-electron chi connectivity index (χ1n) is 10.2. The second kappa shape index (κ2) is 9.53. The molecule has 1 fully saturated rings. The van der Waals surface area contributed by atoms with Crippen molar-refractivity contribution in [2.24, 2.45) is 11.8 Å². The summed E-state index contributed by atoms with van der Waals surface area (Å²) in [7, 11) is 0. The predicted molar refractivity (Wildman–Crippen MR) is 108 cm³/mol. The number of hydrogen-bond donors (Lipinski definition) is 0. The summed E-state index contributed by atoms with van der Waals surface area (Å²) in [6.07, 6.45) is 14.4. The Hall–Kier alpha value is -2.14. The Kier molecular flexibility index (Phi) is 6.83. The molecule has 2 nitrogen and oxygen atoms in total. The quantitative estimate of drug-likeness (QED) is 0.570. The van der Waals surface area contributed by atoms with Crippen molar-refractivity contribution in [3.8, 4) is 17.3 Å². The van der Waals surface area contributed by atoms with Crippen molar-refractivity contribution in [3.63, 3.8) is 0 Å². The summed E-state index contributed by atoms with van der Waals surface area (Å²) in [6.45, 7) is 2.30. The molecule has 1 saturated carbocycles. The Morgan fingerprint density at radius 3 is 2.23 bits per heavy atom. The highest BCUT2D eigenvalue weighted by molar-refractivity contribution is 5.60. The van der Waals surface area contributed by atoms with Gasteiger partial charge >= 0.3 is 0 Å². The SMILES string of the molecule is CCCCC1CCC(CCc2ccc(-c3ccc(C#N)cc3)nc2)CC1. The van der Waals surface area contributed by atoms with Crippen LogP contribution in [0.15, 0.2) is 42.6 Å². The van der Waals surface area contributed by atoms with Crippen LogP contribution in [0.1, 0.15) is 69.4 Å². The zero-order chi connectivity index (χ0) is 18.2. The fourth-order valence-electron chi connectivity index (χ4n) is 4.13. The fourth-order valence-corrected chi connectivity index (χ4v) is 4.13. The molecule has 1 aliphatic carbocycles. The Bertz CT molecular complexity index is 701. The van der Waals surface area contributed by atoms with Gasteiger partial charge in [0.05, 0.1) is 17.3 Å². The van der Waals surface area contributed by atoms with Crippen molar-refractivity contribution in [3.05, 3.63) is 53.7 Å². The number of nitrogens with zero attached hydrogens (tertiary/aromatic N) is 2. The summed E-state index contributed by atoms with van der Waals surface area (Å²) in [4.78, 5) is 4.63. The molecule has 2 aromatic rings. The third kappa shape index (κ3) is 5.18. The molecule has 0 radical (unpaired) electrons. The largest absolute Gasteiger partial charge is 0.256 e. The average Bonchev–Trinajstić information content (AvgIpc) is 2.72. The van der Waals surface area contributed by atoms with E-state index in [1.165, 1.54) is 56.9 Å². The molecule has 0 saturated heterocycles. The Labute approximate surface area is 158 Å². The van der Waals surface area contributed by atoms with Crippen LogP contribution in [0.5, 0.6) is 0 Å². The first kappa shape index (κ1) is 18.6. The number of hydrogen-bond acceptors (Lipinski definition) is 2. The topological polar surface area (TPSA) is 36.7 Å². The molecule has 3 rings (SSSR count). The van der Waals surface area contributed by atoms with E-state index < -0.39 is 0 Å².